The molecule has 1 aliphatic rings. The molecule has 0 saturated heterocycles. The van der Waals surface area contributed by atoms with Gasteiger partial charge in [-0.1, -0.05) is 18.2 Å². The van der Waals surface area contributed by atoms with E-state index in [1.54, 1.807) is 12.3 Å². The van der Waals surface area contributed by atoms with E-state index in [-0.39, 0.29) is 5.95 Å². The summed E-state index contributed by atoms with van der Waals surface area (Å²) in [5, 5.41) is 19.8. The molecule has 0 spiro atoms. The van der Waals surface area contributed by atoms with Crippen LogP contribution in [0.5, 0.6) is 5.95 Å². The van der Waals surface area contributed by atoms with Crippen molar-refractivity contribution in [2.45, 2.75) is 6.92 Å². The van der Waals surface area contributed by atoms with Crippen molar-refractivity contribution in [2.75, 3.05) is 0 Å². The zero-order chi connectivity index (χ0) is 15.8. The number of oxazole rings is 1. The van der Waals surface area contributed by atoms with Gasteiger partial charge in [0, 0.05) is 11.1 Å². The third-order valence-electron chi connectivity index (χ3n) is 3.67. The number of nitrogens with zero attached hydrogens (tertiary/aromatic N) is 3. The lowest BCUT2D eigenvalue weighted by molar-refractivity contribution is 0.336. The summed E-state index contributed by atoms with van der Waals surface area (Å²) in [7, 11) is 0. The predicted molar refractivity (Wildman–Crippen MR) is 86.7 cm³/mol. The van der Waals surface area contributed by atoms with Gasteiger partial charge in [-0.05, 0) is 48.0 Å². The summed E-state index contributed by atoms with van der Waals surface area (Å²) in [6, 6.07) is 13.4. The van der Waals surface area contributed by atoms with Crippen molar-refractivity contribution < 1.29 is 9.52 Å². The van der Waals surface area contributed by atoms with E-state index < -0.39 is 0 Å². The van der Waals surface area contributed by atoms with Gasteiger partial charge in [0.25, 0.3) is 0 Å². The molecule has 0 aliphatic carbocycles. The molecule has 2 heterocycles. The standard InChI is InChI=1S/C18H13N3O2/c1-11-7-12(8-14-10-19-21-16(11)14)9-15-18(22)23-17(20-15)13-5-3-2-4-6-13/h2-10,22H,1H3/b12-9+. The lowest BCUT2D eigenvalue weighted by atomic mass is 10.1. The summed E-state index contributed by atoms with van der Waals surface area (Å²) >= 11 is 0. The van der Waals surface area contributed by atoms with Gasteiger partial charge in [-0.25, -0.2) is 4.98 Å². The van der Waals surface area contributed by atoms with E-state index in [9.17, 15) is 5.11 Å². The Kier molecular flexibility index (Phi) is 3.05. The van der Waals surface area contributed by atoms with E-state index in [0.717, 1.165) is 27.3 Å². The van der Waals surface area contributed by atoms with Crippen molar-refractivity contribution >= 4 is 12.3 Å². The molecule has 3 aromatic rings. The summed E-state index contributed by atoms with van der Waals surface area (Å²) in [4.78, 5) is 4.37. The third kappa shape index (κ3) is 2.42. The minimum atomic E-state index is -0.194. The molecule has 0 amide bonds. The maximum absolute atomic E-state index is 10.0. The lowest BCUT2D eigenvalue weighted by Crippen LogP contribution is -2.16. The monoisotopic (exact) mass is 303 g/mol. The van der Waals surface area contributed by atoms with Gasteiger partial charge in [0.1, 0.15) is 5.69 Å². The predicted octanol–water partition coefficient (Wildman–Crippen LogP) is 2.15. The summed E-state index contributed by atoms with van der Waals surface area (Å²) < 4.78 is 5.36. The van der Waals surface area contributed by atoms with Gasteiger partial charge in [-0.3, -0.25) is 0 Å². The first-order valence-corrected chi connectivity index (χ1v) is 7.19. The van der Waals surface area contributed by atoms with Gasteiger partial charge in [0.05, 0.1) is 11.6 Å². The first kappa shape index (κ1) is 13.5. The maximum atomic E-state index is 10.0. The summed E-state index contributed by atoms with van der Waals surface area (Å²) in [5.74, 6) is 0.198. The van der Waals surface area contributed by atoms with Crippen LogP contribution >= 0.6 is 0 Å². The molecule has 0 saturated carbocycles. The van der Waals surface area contributed by atoms with E-state index in [2.05, 4.69) is 15.2 Å². The molecule has 0 unspecified atom stereocenters. The van der Waals surface area contributed by atoms with Gasteiger partial charge < -0.3 is 9.52 Å². The van der Waals surface area contributed by atoms with Crippen molar-refractivity contribution in [1.29, 1.82) is 0 Å². The van der Waals surface area contributed by atoms with Crippen LogP contribution < -0.4 is 10.6 Å². The molecular formula is C18H13N3O2. The molecule has 5 heteroatoms. The number of fused-ring (bicyclic) bond motifs is 1. The van der Waals surface area contributed by atoms with Crippen LogP contribution in [0.1, 0.15) is 16.8 Å². The largest absolute Gasteiger partial charge is 0.479 e. The van der Waals surface area contributed by atoms with E-state index >= 15 is 0 Å². The van der Waals surface area contributed by atoms with Crippen LogP contribution in [-0.4, -0.2) is 16.3 Å². The van der Waals surface area contributed by atoms with Crippen LogP contribution in [0.25, 0.3) is 17.5 Å². The van der Waals surface area contributed by atoms with Gasteiger partial charge in [-0.2, -0.15) is 10.2 Å². The molecule has 2 aromatic carbocycles. The average molecular weight is 303 g/mol. The normalized spacial score (nSPS) is 13.2. The second-order valence-electron chi connectivity index (χ2n) is 5.34. The zero-order valence-electron chi connectivity index (χ0n) is 12.4. The second-order valence-corrected chi connectivity index (χ2v) is 5.34. The van der Waals surface area contributed by atoms with Gasteiger partial charge in [0.15, 0.2) is 0 Å². The number of hydrogen-bond donors (Lipinski definition) is 1. The number of aromatic nitrogens is 1. The summed E-state index contributed by atoms with van der Waals surface area (Å²) in [6.07, 6.45) is 3.50. The number of rotatable bonds is 2. The van der Waals surface area contributed by atoms with Crippen molar-refractivity contribution in [2.24, 2.45) is 10.2 Å². The van der Waals surface area contributed by atoms with Crippen LogP contribution in [0.15, 0.2) is 57.1 Å². The molecule has 0 radical (unpaired) electrons. The Morgan fingerprint density at radius 2 is 1.96 bits per heavy atom. The average Bonchev–Trinajstić information content (AvgIpc) is 3.16. The molecule has 0 atom stereocenters. The molecule has 0 fully saturated rings. The van der Waals surface area contributed by atoms with Gasteiger partial charge in [-0.15, -0.1) is 0 Å². The Hall–Kier alpha value is -3.21. The molecule has 4 rings (SSSR count). The number of hydrogen-bond acceptors (Lipinski definition) is 5. The Morgan fingerprint density at radius 3 is 2.78 bits per heavy atom. The summed E-state index contributed by atoms with van der Waals surface area (Å²) in [5.41, 5.74) is 3.20. The fourth-order valence-electron chi connectivity index (χ4n) is 2.58. The number of aromatic hydroxyl groups is 1. The SMILES string of the molecule is Cc1c/c(=C\c2nc(-c3ccccc3)oc2O)cc2c1=NN=C2. The molecular weight excluding hydrogens is 290 g/mol. The minimum Gasteiger partial charge on any atom is -0.479 e. The highest BCUT2D eigenvalue weighted by Gasteiger charge is 2.12. The van der Waals surface area contributed by atoms with Crippen LogP contribution in [-0.2, 0) is 0 Å². The van der Waals surface area contributed by atoms with E-state index in [1.165, 1.54) is 0 Å². The number of benzene rings is 2. The topological polar surface area (TPSA) is 71.0 Å². The summed E-state index contributed by atoms with van der Waals surface area (Å²) in [6.45, 7) is 1.98. The van der Waals surface area contributed by atoms with Crippen molar-refractivity contribution in [1.82, 2.24) is 4.98 Å². The van der Waals surface area contributed by atoms with Crippen molar-refractivity contribution in [3.8, 4) is 17.4 Å². The van der Waals surface area contributed by atoms with Crippen molar-refractivity contribution in [3.63, 3.8) is 0 Å². The highest BCUT2D eigenvalue weighted by Crippen LogP contribution is 2.26. The smallest absolute Gasteiger partial charge is 0.310 e. The van der Waals surface area contributed by atoms with Crippen LogP contribution in [0, 0.1) is 6.92 Å². The number of aryl methyl sites for hydroxylation is 1. The van der Waals surface area contributed by atoms with E-state index in [4.69, 9.17) is 4.42 Å². The Labute approximate surface area is 132 Å². The third-order valence-corrected chi connectivity index (χ3v) is 3.67. The van der Waals surface area contributed by atoms with Gasteiger partial charge in [0.2, 0.25) is 5.89 Å². The molecule has 112 valence electrons. The second kappa shape index (κ2) is 5.21. The first-order chi connectivity index (χ1) is 11.2. The Balaban J connectivity index is 1.81. The fourth-order valence-corrected chi connectivity index (χ4v) is 2.58. The molecule has 5 nitrogen and oxygen atoms in total. The van der Waals surface area contributed by atoms with Crippen LogP contribution in [0.3, 0.4) is 0 Å². The molecule has 1 aromatic heterocycles. The molecule has 23 heavy (non-hydrogen) atoms. The Bertz CT molecular complexity index is 1030. The quantitative estimate of drug-likeness (QED) is 0.788. The lowest BCUT2D eigenvalue weighted by Gasteiger charge is -1.95. The maximum Gasteiger partial charge on any atom is 0.310 e. The first-order valence-electron chi connectivity index (χ1n) is 7.19. The minimum absolute atomic E-state index is 0.194. The highest BCUT2D eigenvalue weighted by atomic mass is 16.5. The van der Waals surface area contributed by atoms with Crippen LogP contribution in [0.2, 0.25) is 0 Å². The zero-order valence-corrected chi connectivity index (χ0v) is 12.4. The van der Waals surface area contributed by atoms with E-state index in [0.29, 0.717) is 11.6 Å². The molecule has 1 N–H and O–H groups in total. The Morgan fingerprint density at radius 1 is 1.13 bits per heavy atom. The fraction of sp³-hybridized carbons (Fsp3) is 0.0556. The molecule has 0 bridgehead atoms. The molecule has 1 aliphatic heterocycles. The van der Waals surface area contributed by atoms with Gasteiger partial charge >= 0.3 is 5.95 Å². The van der Waals surface area contributed by atoms with Crippen molar-refractivity contribution in [3.05, 3.63) is 69.9 Å². The highest BCUT2D eigenvalue weighted by molar-refractivity contribution is 5.81. The van der Waals surface area contributed by atoms with Crippen LogP contribution in [0.4, 0.5) is 0 Å². The van der Waals surface area contributed by atoms with E-state index in [1.807, 2.05) is 49.4 Å².